The van der Waals surface area contributed by atoms with Crippen molar-refractivity contribution in [3.8, 4) is 11.5 Å². The number of nitrogens with zero attached hydrogens (tertiary/aromatic N) is 2. The van der Waals surface area contributed by atoms with Gasteiger partial charge in [0.05, 0.1) is 13.2 Å². The number of hydrogen-bond acceptors (Lipinski definition) is 4. The summed E-state index contributed by atoms with van der Waals surface area (Å²) in [5.74, 6) is 1.18. The van der Waals surface area contributed by atoms with Crippen LogP contribution in [-0.4, -0.2) is 17.9 Å². The van der Waals surface area contributed by atoms with Gasteiger partial charge >= 0.3 is 0 Å². The molecular formula is C18H19ClN2O2. The number of methoxy groups -OCH3 is 1. The number of phenols is 1. The van der Waals surface area contributed by atoms with Gasteiger partial charge in [-0.3, -0.25) is 5.01 Å². The third-order valence-electron chi connectivity index (χ3n) is 4.30. The molecule has 0 radical (unpaired) electrons. The quantitative estimate of drug-likeness (QED) is 0.892. The van der Waals surface area contributed by atoms with Gasteiger partial charge < -0.3 is 9.84 Å². The number of rotatable bonds is 3. The van der Waals surface area contributed by atoms with Crippen LogP contribution in [0.1, 0.15) is 25.5 Å². The lowest BCUT2D eigenvalue weighted by atomic mass is 9.92. The maximum Gasteiger partial charge on any atom is 0.142 e. The van der Waals surface area contributed by atoms with Crippen LogP contribution in [0.3, 0.4) is 0 Å². The molecule has 4 nitrogen and oxygen atoms in total. The molecule has 120 valence electrons. The van der Waals surface area contributed by atoms with Crippen LogP contribution >= 0.6 is 11.6 Å². The zero-order chi connectivity index (χ0) is 16.6. The summed E-state index contributed by atoms with van der Waals surface area (Å²) >= 11 is 5.94. The van der Waals surface area contributed by atoms with Crippen molar-refractivity contribution in [2.24, 2.45) is 11.0 Å². The second-order valence-electron chi connectivity index (χ2n) is 5.73. The third-order valence-corrected chi connectivity index (χ3v) is 4.54. The second kappa shape index (κ2) is 6.13. The van der Waals surface area contributed by atoms with E-state index in [9.17, 15) is 5.11 Å². The lowest BCUT2D eigenvalue weighted by Crippen LogP contribution is -2.23. The smallest absolute Gasteiger partial charge is 0.142 e. The van der Waals surface area contributed by atoms with E-state index in [0.29, 0.717) is 10.7 Å². The average molecular weight is 331 g/mol. The predicted octanol–water partition coefficient (Wildman–Crippen LogP) is 4.63. The molecule has 0 saturated carbocycles. The van der Waals surface area contributed by atoms with Gasteiger partial charge in [0.15, 0.2) is 0 Å². The number of hydrogen-bond donors (Lipinski definition) is 1. The van der Waals surface area contributed by atoms with Gasteiger partial charge in [0.1, 0.15) is 17.2 Å². The Morgan fingerprint density at radius 2 is 1.87 bits per heavy atom. The van der Waals surface area contributed by atoms with Crippen molar-refractivity contribution >= 4 is 23.0 Å². The van der Waals surface area contributed by atoms with E-state index < -0.39 is 0 Å². The monoisotopic (exact) mass is 330 g/mol. The Morgan fingerprint density at radius 1 is 1.17 bits per heavy atom. The fourth-order valence-corrected chi connectivity index (χ4v) is 3.05. The van der Waals surface area contributed by atoms with E-state index in [4.69, 9.17) is 16.3 Å². The second-order valence-corrected chi connectivity index (χ2v) is 6.16. The van der Waals surface area contributed by atoms with E-state index >= 15 is 0 Å². The van der Waals surface area contributed by atoms with Crippen molar-refractivity contribution in [3.63, 3.8) is 0 Å². The molecule has 1 aliphatic rings. The van der Waals surface area contributed by atoms with Gasteiger partial charge in [-0.2, -0.15) is 5.10 Å². The van der Waals surface area contributed by atoms with Crippen LogP contribution in [0.15, 0.2) is 47.6 Å². The number of halogens is 1. The summed E-state index contributed by atoms with van der Waals surface area (Å²) in [6.45, 7) is 4.15. The predicted molar refractivity (Wildman–Crippen MR) is 93.6 cm³/mol. The Kier molecular flexibility index (Phi) is 4.18. The summed E-state index contributed by atoms with van der Waals surface area (Å²) in [4.78, 5) is 0. The van der Waals surface area contributed by atoms with Crippen molar-refractivity contribution < 1.29 is 9.84 Å². The normalized spacial score (nSPS) is 20.5. The molecule has 2 aromatic carbocycles. The maximum absolute atomic E-state index is 10.3. The molecule has 23 heavy (non-hydrogen) atoms. The highest BCUT2D eigenvalue weighted by Gasteiger charge is 2.35. The highest BCUT2D eigenvalue weighted by Crippen LogP contribution is 2.43. The van der Waals surface area contributed by atoms with Crippen LogP contribution in [-0.2, 0) is 0 Å². The summed E-state index contributed by atoms with van der Waals surface area (Å²) in [6.07, 6.45) is 0. The van der Waals surface area contributed by atoms with E-state index in [1.165, 1.54) is 6.07 Å². The van der Waals surface area contributed by atoms with Gasteiger partial charge in [0, 0.05) is 22.7 Å². The fourth-order valence-electron chi connectivity index (χ4n) is 2.89. The Labute approximate surface area is 141 Å². The number of aromatic hydroxyl groups is 1. The highest BCUT2D eigenvalue weighted by molar-refractivity contribution is 6.30. The van der Waals surface area contributed by atoms with Gasteiger partial charge in [-0.15, -0.1) is 0 Å². The molecule has 3 rings (SSSR count). The molecule has 1 aliphatic heterocycles. The summed E-state index contributed by atoms with van der Waals surface area (Å²) in [5.41, 5.74) is 2.80. The lowest BCUT2D eigenvalue weighted by Gasteiger charge is -2.27. The number of phenolic OH excluding ortho intramolecular Hbond substituents is 1. The van der Waals surface area contributed by atoms with Crippen LogP contribution in [0.4, 0.5) is 5.69 Å². The van der Waals surface area contributed by atoms with Crippen LogP contribution < -0.4 is 9.75 Å². The number of benzene rings is 2. The molecular weight excluding hydrogens is 312 g/mol. The fraction of sp³-hybridized carbons (Fsp3) is 0.278. The van der Waals surface area contributed by atoms with Gasteiger partial charge in [0.2, 0.25) is 0 Å². The third kappa shape index (κ3) is 2.86. The maximum atomic E-state index is 10.3. The molecule has 5 heteroatoms. The van der Waals surface area contributed by atoms with Crippen molar-refractivity contribution in [1.82, 2.24) is 0 Å². The van der Waals surface area contributed by atoms with E-state index in [0.717, 1.165) is 17.0 Å². The van der Waals surface area contributed by atoms with Gasteiger partial charge in [-0.1, -0.05) is 30.7 Å². The van der Waals surface area contributed by atoms with Crippen LogP contribution in [0.25, 0.3) is 0 Å². The molecule has 0 spiro atoms. The minimum absolute atomic E-state index is 0.0213. The minimum atomic E-state index is 0.0213. The first kappa shape index (κ1) is 15.7. The Balaban J connectivity index is 2.02. The molecule has 1 N–H and O–H groups in total. The zero-order valence-electron chi connectivity index (χ0n) is 13.3. The first-order chi connectivity index (χ1) is 11.0. The number of hydrazone groups is 1. The standard InChI is InChI=1S/C18H19ClN2O2/c1-11-12(2)20-21(16-9-6-14(19)10-17(16)22)18(11)13-4-7-15(23-3)8-5-13/h4-11,18,22H,1-3H3. The lowest BCUT2D eigenvalue weighted by molar-refractivity contribution is 0.414. The summed E-state index contributed by atoms with van der Waals surface area (Å²) in [7, 11) is 1.65. The molecule has 0 aliphatic carbocycles. The zero-order valence-corrected chi connectivity index (χ0v) is 14.1. The minimum Gasteiger partial charge on any atom is -0.506 e. The summed E-state index contributed by atoms with van der Waals surface area (Å²) in [6, 6.07) is 13.1. The van der Waals surface area contributed by atoms with E-state index in [2.05, 4.69) is 12.0 Å². The molecule has 0 amide bonds. The number of anilines is 1. The summed E-state index contributed by atoms with van der Waals surface area (Å²) < 4.78 is 5.23. The molecule has 0 bridgehead atoms. The van der Waals surface area contributed by atoms with Crippen molar-refractivity contribution in [3.05, 3.63) is 53.1 Å². The van der Waals surface area contributed by atoms with Crippen molar-refractivity contribution in [2.75, 3.05) is 12.1 Å². The molecule has 2 atom stereocenters. The molecule has 0 fully saturated rings. The molecule has 0 saturated heterocycles. The number of ether oxygens (including phenoxy) is 1. The molecule has 1 heterocycles. The molecule has 0 aromatic heterocycles. The van der Waals surface area contributed by atoms with E-state index in [1.807, 2.05) is 36.2 Å². The molecule has 2 unspecified atom stereocenters. The van der Waals surface area contributed by atoms with Crippen molar-refractivity contribution in [1.29, 1.82) is 0 Å². The average Bonchev–Trinajstić information content (AvgIpc) is 2.83. The Bertz CT molecular complexity index is 743. The van der Waals surface area contributed by atoms with Crippen LogP contribution in [0.5, 0.6) is 11.5 Å². The van der Waals surface area contributed by atoms with Crippen LogP contribution in [0, 0.1) is 5.92 Å². The SMILES string of the molecule is COc1ccc(C2C(C)C(C)=NN2c2ccc(Cl)cc2O)cc1. The van der Waals surface area contributed by atoms with E-state index in [1.54, 1.807) is 19.2 Å². The van der Waals surface area contributed by atoms with Gasteiger partial charge in [0.25, 0.3) is 0 Å². The Morgan fingerprint density at radius 3 is 2.48 bits per heavy atom. The topological polar surface area (TPSA) is 45.1 Å². The Hall–Kier alpha value is -2.20. The van der Waals surface area contributed by atoms with E-state index in [-0.39, 0.29) is 17.7 Å². The first-order valence-electron chi connectivity index (χ1n) is 7.48. The largest absolute Gasteiger partial charge is 0.506 e. The highest BCUT2D eigenvalue weighted by atomic mass is 35.5. The summed E-state index contributed by atoms with van der Waals surface area (Å²) in [5, 5.41) is 17.3. The molecule has 2 aromatic rings. The van der Waals surface area contributed by atoms with Gasteiger partial charge in [-0.05, 0) is 36.8 Å². The van der Waals surface area contributed by atoms with Gasteiger partial charge in [-0.25, -0.2) is 0 Å². The first-order valence-corrected chi connectivity index (χ1v) is 7.86. The van der Waals surface area contributed by atoms with Crippen LogP contribution in [0.2, 0.25) is 5.02 Å². The van der Waals surface area contributed by atoms with Crippen molar-refractivity contribution in [2.45, 2.75) is 19.9 Å².